The molecule has 1 aliphatic rings. The highest BCUT2D eigenvalue weighted by Gasteiger charge is 2.18. The van der Waals surface area contributed by atoms with Crippen molar-refractivity contribution in [3.05, 3.63) is 42.6 Å². The highest BCUT2D eigenvalue weighted by atomic mass is 16.5. The van der Waals surface area contributed by atoms with Gasteiger partial charge in [0.05, 0.1) is 20.3 Å². The van der Waals surface area contributed by atoms with E-state index in [-0.39, 0.29) is 6.03 Å². The van der Waals surface area contributed by atoms with Crippen molar-refractivity contribution in [1.82, 2.24) is 9.88 Å². The number of nitrogens with zero attached hydrogens (tertiary/aromatic N) is 2. The second kappa shape index (κ2) is 7.65. The van der Waals surface area contributed by atoms with E-state index in [0.29, 0.717) is 43.6 Å². The normalized spacial score (nSPS) is 14.1. The zero-order chi connectivity index (χ0) is 16.8. The lowest BCUT2D eigenvalue weighted by Crippen LogP contribution is -2.43. The SMILES string of the molecule is COc1ccc(Oc2ncccc2NC(=O)N2CCOCC2)cc1. The van der Waals surface area contributed by atoms with E-state index in [0.717, 1.165) is 5.75 Å². The highest BCUT2D eigenvalue weighted by molar-refractivity contribution is 5.90. The third-order valence-corrected chi connectivity index (χ3v) is 3.59. The van der Waals surface area contributed by atoms with Crippen LogP contribution in [-0.4, -0.2) is 49.3 Å². The van der Waals surface area contributed by atoms with E-state index in [1.807, 2.05) is 0 Å². The zero-order valence-electron chi connectivity index (χ0n) is 13.4. The van der Waals surface area contributed by atoms with Crippen molar-refractivity contribution in [2.24, 2.45) is 0 Å². The quantitative estimate of drug-likeness (QED) is 0.934. The molecule has 2 amide bonds. The van der Waals surface area contributed by atoms with E-state index in [2.05, 4.69) is 10.3 Å². The minimum atomic E-state index is -0.189. The molecular formula is C17H19N3O4. The first-order valence-corrected chi connectivity index (χ1v) is 7.67. The van der Waals surface area contributed by atoms with Gasteiger partial charge >= 0.3 is 6.03 Å². The summed E-state index contributed by atoms with van der Waals surface area (Å²) in [7, 11) is 1.61. The molecule has 2 aromatic rings. The molecular weight excluding hydrogens is 310 g/mol. The molecule has 7 nitrogen and oxygen atoms in total. The van der Waals surface area contributed by atoms with E-state index in [4.69, 9.17) is 14.2 Å². The van der Waals surface area contributed by atoms with Crippen molar-refractivity contribution in [1.29, 1.82) is 0 Å². The van der Waals surface area contributed by atoms with E-state index >= 15 is 0 Å². The standard InChI is InChI=1S/C17H19N3O4/c1-22-13-4-6-14(7-5-13)24-16-15(3-2-8-18-16)19-17(21)20-9-11-23-12-10-20/h2-8H,9-12H2,1H3,(H,19,21). The molecule has 3 rings (SSSR count). The van der Waals surface area contributed by atoms with Gasteiger partial charge in [-0.3, -0.25) is 0 Å². The number of ether oxygens (including phenoxy) is 3. The van der Waals surface area contributed by atoms with Gasteiger partial charge in [0, 0.05) is 19.3 Å². The molecule has 0 spiro atoms. The molecule has 0 radical (unpaired) electrons. The molecule has 2 heterocycles. The summed E-state index contributed by atoms with van der Waals surface area (Å²) in [5.41, 5.74) is 0.518. The topological polar surface area (TPSA) is 72.9 Å². The van der Waals surface area contributed by atoms with Crippen LogP contribution in [0.4, 0.5) is 10.5 Å². The fourth-order valence-electron chi connectivity index (χ4n) is 2.28. The maximum absolute atomic E-state index is 12.3. The maximum Gasteiger partial charge on any atom is 0.322 e. The largest absolute Gasteiger partial charge is 0.497 e. The summed E-state index contributed by atoms with van der Waals surface area (Å²) < 4.78 is 16.1. The van der Waals surface area contributed by atoms with Gasteiger partial charge in [-0.1, -0.05) is 0 Å². The second-order valence-electron chi connectivity index (χ2n) is 5.16. The Hall–Kier alpha value is -2.80. The molecule has 1 fully saturated rings. The average Bonchev–Trinajstić information content (AvgIpc) is 2.64. The number of rotatable bonds is 4. The van der Waals surface area contributed by atoms with Crippen LogP contribution in [0.15, 0.2) is 42.6 Å². The van der Waals surface area contributed by atoms with Crippen LogP contribution in [-0.2, 0) is 4.74 Å². The van der Waals surface area contributed by atoms with Crippen molar-refractivity contribution in [2.75, 3.05) is 38.7 Å². The van der Waals surface area contributed by atoms with Gasteiger partial charge in [-0.25, -0.2) is 9.78 Å². The number of pyridine rings is 1. The van der Waals surface area contributed by atoms with Crippen LogP contribution in [0.2, 0.25) is 0 Å². The third-order valence-electron chi connectivity index (χ3n) is 3.59. The van der Waals surface area contributed by atoms with Crippen LogP contribution >= 0.6 is 0 Å². The molecule has 0 saturated carbocycles. The van der Waals surface area contributed by atoms with Gasteiger partial charge in [0.25, 0.3) is 0 Å². The number of carbonyl (C=O) groups is 1. The summed E-state index contributed by atoms with van der Waals surface area (Å²) in [4.78, 5) is 18.2. The van der Waals surface area contributed by atoms with Crippen LogP contribution in [0.3, 0.4) is 0 Å². The monoisotopic (exact) mass is 329 g/mol. The Bertz CT molecular complexity index is 684. The Morgan fingerprint density at radius 2 is 1.88 bits per heavy atom. The molecule has 0 atom stereocenters. The first kappa shape index (κ1) is 16.1. The van der Waals surface area contributed by atoms with E-state index in [1.54, 1.807) is 54.6 Å². The van der Waals surface area contributed by atoms with E-state index in [9.17, 15) is 4.79 Å². The molecule has 0 unspecified atom stereocenters. The van der Waals surface area contributed by atoms with Gasteiger partial charge in [-0.15, -0.1) is 0 Å². The van der Waals surface area contributed by atoms with Gasteiger partial charge in [-0.2, -0.15) is 0 Å². The number of anilines is 1. The van der Waals surface area contributed by atoms with Gasteiger partial charge in [-0.05, 0) is 36.4 Å². The van der Waals surface area contributed by atoms with Crippen molar-refractivity contribution >= 4 is 11.7 Å². The number of hydrogen-bond acceptors (Lipinski definition) is 5. The van der Waals surface area contributed by atoms with E-state index in [1.165, 1.54) is 0 Å². The fourth-order valence-corrected chi connectivity index (χ4v) is 2.28. The molecule has 1 saturated heterocycles. The number of amides is 2. The highest BCUT2D eigenvalue weighted by Crippen LogP contribution is 2.28. The predicted octanol–water partition coefficient (Wildman–Crippen LogP) is 2.75. The van der Waals surface area contributed by atoms with Gasteiger partial charge in [0.15, 0.2) is 0 Å². The number of hydrogen-bond donors (Lipinski definition) is 1. The third kappa shape index (κ3) is 3.94. The van der Waals surface area contributed by atoms with Crippen LogP contribution < -0.4 is 14.8 Å². The van der Waals surface area contributed by atoms with Crippen LogP contribution in [0.25, 0.3) is 0 Å². The second-order valence-corrected chi connectivity index (χ2v) is 5.16. The molecule has 126 valence electrons. The van der Waals surface area contributed by atoms with E-state index < -0.39 is 0 Å². The molecule has 1 aromatic carbocycles. The lowest BCUT2D eigenvalue weighted by Gasteiger charge is -2.27. The summed E-state index contributed by atoms with van der Waals surface area (Å²) in [5, 5.41) is 2.84. The molecule has 1 N–H and O–H groups in total. The molecule has 1 aromatic heterocycles. The predicted molar refractivity (Wildman–Crippen MR) is 88.7 cm³/mol. The average molecular weight is 329 g/mol. The molecule has 24 heavy (non-hydrogen) atoms. The first-order valence-electron chi connectivity index (χ1n) is 7.67. The number of aromatic nitrogens is 1. The zero-order valence-corrected chi connectivity index (χ0v) is 13.4. The summed E-state index contributed by atoms with van der Waals surface area (Å²) in [5.74, 6) is 1.69. The minimum Gasteiger partial charge on any atom is -0.497 e. The summed E-state index contributed by atoms with van der Waals surface area (Å²) in [6.07, 6.45) is 1.61. The van der Waals surface area contributed by atoms with Crippen molar-refractivity contribution in [3.8, 4) is 17.4 Å². The fraction of sp³-hybridized carbons (Fsp3) is 0.294. The number of urea groups is 1. The summed E-state index contributed by atoms with van der Waals surface area (Å²) >= 11 is 0. The number of morpholine rings is 1. The van der Waals surface area contributed by atoms with Crippen molar-refractivity contribution in [3.63, 3.8) is 0 Å². The number of benzene rings is 1. The van der Waals surface area contributed by atoms with Gasteiger partial charge in [0.1, 0.15) is 17.2 Å². The smallest absolute Gasteiger partial charge is 0.322 e. The van der Waals surface area contributed by atoms with Crippen molar-refractivity contribution in [2.45, 2.75) is 0 Å². The molecule has 0 aliphatic carbocycles. The lowest BCUT2D eigenvalue weighted by atomic mass is 10.3. The van der Waals surface area contributed by atoms with Crippen LogP contribution in [0, 0.1) is 0 Å². The van der Waals surface area contributed by atoms with Crippen LogP contribution in [0.1, 0.15) is 0 Å². The Morgan fingerprint density at radius 3 is 2.58 bits per heavy atom. The first-order chi connectivity index (χ1) is 11.8. The summed E-state index contributed by atoms with van der Waals surface area (Å²) in [6.45, 7) is 2.24. The Labute approximate surface area is 140 Å². The molecule has 7 heteroatoms. The number of carbonyl (C=O) groups excluding carboxylic acids is 1. The van der Waals surface area contributed by atoms with Gasteiger partial charge in [0.2, 0.25) is 5.88 Å². The Balaban J connectivity index is 1.71. The minimum absolute atomic E-state index is 0.189. The number of nitrogens with one attached hydrogen (secondary N) is 1. The Kier molecular flexibility index (Phi) is 5.12. The van der Waals surface area contributed by atoms with Crippen LogP contribution in [0.5, 0.6) is 17.4 Å². The summed E-state index contributed by atoms with van der Waals surface area (Å²) in [6, 6.07) is 10.5. The molecule has 0 bridgehead atoms. The molecule has 1 aliphatic heterocycles. The van der Waals surface area contributed by atoms with Crippen molar-refractivity contribution < 1.29 is 19.0 Å². The number of methoxy groups -OCH3 is 1. The maximum atomic E-state index is 12.3. The Morgan fingerprint density at radius 1 is 1.17 bits per heavy atom. The lowest BCUT2D eigenvalue weighted by molar-refractivity contribution is 0.0564. The van der Waals surface area contributed by atoms with Gasteiger partial charge < -0.3 is 24.4 Å².